The molecule has 2 fully saturated rings. The first-order valence-corrected chi connectivity index (χ1v) is 11.7. The summed E-state index contributed by atoms with van der Waals surface area (Å²) in [6, 6.07) is 5.76. The number of amides is 4. The second-order valence-corrected chi connectivity index (χ2v) is 10.6. The number of hydrogen-bond acceptors (Lipinski definition) is 5. The fourth-order valence-corrected chi connectivity index (χ4v) is 5.58. The quantitative estimate of drug-likeness (QED) is 0.597. The van der Waals surface area contributed by atoms with Crippen LogP contribution in [0.3, 0.4) is 0 Å². The minimum Gasteiger partial charge on any atom is -0.443 e. The Morgan fingerprint density at radius 2 is 1.85 bits per heavy atom. The van der Waals surface area contributed by atoms with Crippen LogP contribution in [0.1, 0.15) is 53.0 Å². The van der Waals surface area contributed by atoms with Gasteiger partial charge in [0.1, 0.15) is 22.8 Å². The van der Waals surface area contributed by atoms with Crippen LogP contribution in [0.4, 0.5) is 10.5 Å². The van der Waals surface area contributed by atoms with Crippen LogP contribution in [-0.4, -0.2) is 57.8 Å². The van der Waals surface area contributed by atoms with Gasteiger partial charge in [0.25, 0.3) is 17.7 Å². The van der Waals surface area contributed by atoms with Gasteiger partial charge in [0, 0.05) is 6.54 Å². The van der Waals surface area contributed by atoms with Crippen LogP contribution >= 0.6 is 0 Å². The van der Waals surface area contributed by atoms with E-state index in [0.717, 1.165) is 16.9 Å². The molecule has 8 nitrogen and oxygen atoms in total. The average molecular weight is 464 g/mol. The number of nitrogens with zero attached hydrogens (tertiary/aromatic N) is 3. The molecule has 4 aliphatic rings. The van der Waals surface area contributed by atoms with Crippen LogP contribution in [-0.2, 0) is 24.5 Å². The molecule has 0 radical (unpaired) electrons. The van der Waals surface area contributed by atoms with Gasteiger partial charge in [-0.2, -0.15) is 0 Å². The lowest BCUT2D eigenvalue weighted by Crippen LogP contribution is -2.59. The highest BCUT2D eigenvalue weighted by Crippen LogP contribution is 2.53. The summed E-state index contributed by atoms with van der Waals surface area (Å²) >= 11 is 0. The van der Waals surface area contributed by atoms with E-state index in [1.807, 2.05) is 19.9 Å². The van der Waals surface area contributed by atoms with E-state index in [4.69, 9.17) is 4.74 Å². The normalized spacial score (nSPS) is 27.6. The van der Waals surface area contributed by atoms with Gasteiger partial charge in [-0.1, -0.05) is 29.8 Å². The first kappa shape index (κ1) is 22.4. The summed E-state index contributed by atoms with van der Waals surface area (Å²) in [5.74, 6) is -0.941. The molecule has 4 aliphatic heterocycles. The Morgan fingerprint density at radius 3 is 2.53 bits per heavy atom. The molecule has 0 saturated carbocycles. The maximum absolute atomic E-state index is 14.2. The largest absolute Gasteiger partial charge is 0.443 e. The lowest BCUT2D eigenvalue weighted by Gasteiger charge is -2.40. The van der Waals surface area contributed by atoms with Crippen molar-refractivity contribution in [3.05, 3.63) is 53.3 Å². The van der Waals surface area contributed by atoms with Crippen molar-refractivity contribution in [2.75, 3.05) is 11.4 Å². The lowest BCUT2D eigenvalue weighted by atomic mass is 9.75. The number of anilines is 1. The van der Waals surface area contributed by atoms with Gasteiger partial charge in [0.2, 0.25) is 0 Å². The topological polar surface area (TPSA) is 87.2 Å². The van der Waals surface area contributed by atoms with Crippen molar-refractivity contribution in [1.29, 1.82) is 0 Å². The second-order valence-electron chi connectivity index (χ2n) is 10.6. The number of hydrogen-bond donors (Lipinski definition) is 0. The first-order chi connectivity index (χ1) is 16.0. The van der Waals surface area contributed by atoms with E-state index < -0.39 is 35.1 Å². The van der Waals surface area contributed by atoms with Crippen LogP contribution in [0.5, 0.6) is 0 Å². The molecular weight excluding hydrogens is 434 g/mol. The van der Waals surface area contributed by atoms with Crippen molar-refractivity contribution < 1.29 is 23.9 Å². The maximum atomic E-state index is 14.2. The summed E-state index contributed by atoms with van der Waals surface area (Å²) in [5.41, 5.74) is -0.106. The Morgan fingerprint density at radius 1 is 1.15 bits per heavy atom. The maximum Gasteiger partial charge on any atom is 0.421 e. The molecule has 1 aromatic rings. The highest BCUT2D eigenvalue weighted by Gasteiger charge is 2.65. The van der Waals surface area contributed by atoms with Crippen LogP contribution in [0, 0.1) is 0 Å². The first-order valence-electron chi connectivity index (χ1n) is 11.7. The van der Waals surface area contributed by atoms with Crippen LogP contribution < -0.4 is 4.90 Å². The summed E-state index contributed by atoms with van der Waals surface area (Å²) in [7, 11) is 0. The van der Waals surface area contributed by atoms with Crippen molar-refractivity contribution >= 4 is 29.5 Å². The van der Waals surface area contributed by atoms with Crippen LogP contribution in [0.15, 0.2) is 47.7 Å². The Labute approximate surface area is 198 Å². The molecule has 178 valence electrons. The van der Waals surface area contributed by atoms with Gasteiger partial charge in [-0.15, -0.1) is 0 Å². The molecule has 3 atom stereocenters. The highest BCUT2D eigenvalue weighted by atomic mass is 16.6. The van der Waals surface area contributed by atoms with E-state index in [9.17, 15) is 19.2 Å². The number of allylic oxidation sites excluding steroid dienone is 1. The third kappa shape index (κ3) is 2.97. The van der Waals surface area contributed by atoms with E-state index in [0.29, 0.717) is 24.2 Å². The highest BCUT2D eigenvalue weighted by molar-refractivity contribution is 6.24. The van der Waals surface area contributed by atoms with Gasteiger partial charge in [-0.3, -0.25) is 19.3 Å². The molecule has 0 unspecified atom stereocenters. The fourth-order valence-electron chi connectivity index (χ4n) is 5.58. The monoisotopic (exact) mass is 463 g/mol. The van der Waals surface area contributed by atoms with E-state index in [1.165, 1.54) is 4.90 Å². The smallest absolute Gasteiger partial charge is 0.421 e. The van der Waals surface area contributed by atoms with Gasteiger partial charge in [-0.05, 0) is 65.2 Å². The predicted octanol–water partition coefficient (Wildman–Crippen LogP) is 3.27. The van der Waals surface area contributed by atoms with Gasteiger partial charge in [0.05, 0.1) is 11.7 Å². The SMILES string of the molecule is CC(C)=C[C@@H]1N2C(=O)[C@@H]3CCCN3C(=O)C2=C[C@@]12C(=O)N(C(=O)OC(C)(C)C)c1ccccc12. The lowest BCUT2D eigenvalue weighted by molar-refractivity contribution is -0.149. The van der Waals surface area contributed by atoms with Gasteiger partial charge in [0.15, 0.2) is 0 Å². The van der Waals surface area contributed by atoms with Gasteiger partial charge < -0.3 is 9.64 Å². The molecule has 0 bridgehead atoms. The Hall–Kier alpha value is -3.42. The van der Waals surface area contributed by atoms with E-state index in [2.05, 4.69) is 0 Å². The number of carbonyl (C=O) groups excluding carboxylic acids is 4. The standard InChI is InChI=1S/C26H29N3O5/c1-15(2)13-20-26(14-19-21(30)27-12-8-11-18(27)22(31)28(19)20)16-9-6-7-10-17(16)29(23(26)32)24(33)34-25(3,4)5/h6-7,9-10,13-14,18,20H,8,11-12H2,1-5H3/t18-,20-,26-/m0/s1. The zero-order valence-electron chi connectivity index (χ0n) is 20.1. The molecule has 5 rings (SSSR count). The summed E-state index contributed by atoms with van der Waals surface area (Å²) in [4.78, 5) is 58.6. The average Bonchev–Trinajstić information content (AvgIpc) is 3.41. The number of imide groups is 1. The second kappa shape index (κ2) is 7.29. The Balaban J connectivity index is 1.72. The van der Waals surface area contributed by atoms with Crippen molar-refractivity contribution in [1.82, 2.24) is 9.80 Å². The zero-order chi connectivity index (χ0) is 24.6. The number of rotatable bonds is 1. The molecular formula is C26H29N3O5. The fraction of sp³-hybridized carbons (Fsp3) is 0.462. The van der Waals surface area contributed by atoms with E-state index in [1.54, 1.807) is 56.0 Å². The number of piperazine rings is 1. The Bertz CT molecular complexity index is 1190. The van der Waals surface area contributed by atoms with Crippen LogP contribution in [0.2, 0.25) is 0 Å². The van der Waals surface area contributed by atoms with E-state index in [-0.39, 0.29) is 17.5 Å². The van der Waals surface area contributed by atoms with Crippen LogP contribution in [0.25, 0.3) is 0 Å². The number of ether oxygens (including phenoxy) is 1. The molecule has 4 heterocycles. The summed E-state index contributed by atoms with van der Waals surface area (Å²) in [6.45, 7) is 9.52. The third-order valence-corrected chi connectivity index (χ3v) is 6.84. The summed E-state index contributed by atoms with van der Waals surface area (Å²) in [6.07, 6.45) is 4.07. The summed E-state index contributed by atoms with van der Waals surface area (Å²) < 4.78 is 5.56. The third-order valence-electron chi connectivity index (χ3n) is 6.84. The number of fused-ring (bicyclic) bond motifs is 4. The molecule has 2 saturated heterocycles. The minimum absolute atomic E-state index is 0.177. The predicted molar refractivity (Wildman–Crippen MR) is 125 cm³/mol. The summed E-state index contributed by atoms with van der Waals surface area (Å²) in [5, 5.41) is 0. The Kier molecular flexibility index (Phi) is 4.80. The molecule has 0 aliphatic carbocycles. The molecule has 0 aromatic heterocycles. The molecule has 0 N–H and O–H groups in total. The van der Waals surface area contributed by atoms with Gasteiger partial charge in [-0.25, -0.2) is 9.69 Å². The number of benzene rings is 1. The molecule has 8 heteroatoms. The van der Waals surface area contributed by atoms with Gasteiger partial charge >= 0.3 is 6.09 Å². The number of para-hydroxylation sites is 1. The molecule has 1 aromatic carbocycles. The number of carbonyl (C=O) groups is 4. The van der Waals surface area contributed by atoms with Crippen molar-refractivity contribution in [3.8, 4) is 0 Å². The molecule has 1 spiro atoms. The minimum atomic E-state index is -1.40. The molecule has 34 heavy (non-hydrogen) atoms. The van der Waals surface area contributed by atoms with Crippen molar-refractivity contribution in [2.24, 2.45) is 0 Å². The zero-order valence-corrected chi connectivity index (χ0v) is 20.1. The van der Waals surface area contributed by atoms with Crippen molar-refractivity contribution in [2.45, 2.75) is 70.6 Å². The van der Waals surface area contributed by atoms with E-state index >= 15 is 0 Å². The van der Waals surface area contributed by atoms with Crippen molar-refractivity contribution in [3.63, 3.8) is 0 Å². The molecule has 4 amide bonds.